The first-order valence-corrected chi connectivity index (χ1v) is 7.20. The Morgan fingerprint density at radius 2 is 1.90 bits per heavy atom. The average molecular weight is 350 g/mol. The van der Waals surface area contributed by atoms with E-state index in [1.165, 1.54) is 4.90 Å². The number of ether oxygens (including phenoxy) is 2. The first kappa shape index (κ1) is 15.4. The number of halogens is 1. The van der Waals surface area contributed by atoms with Crippen molar-refractivity contribution in [3.8, 4) is 11.5 Å². The van der Waals surface area contributed by atoms with Gasteiger partial charge in [0.05, 0.1) is 13.7 Å². The van der Waals surface area contributed by atoms with Crippen LogP contribution in [-0.2, 0) is 6.54 Å². The molecule has 0 heterocycles. The minimum atomic E-state index is -0.414. The van der Waals surface area contributed by atoms with Crippen LogP contribution < -0.4 is 9.47 Å². The minimum absolute atomic E-state index is 0.397. The SMILES string of the molecule is COc1ccc(Br)cc1CN(C)C(=O)Oc1ccccc1. The molecule has 2 aromatic rings. The highest BCUT2D eigenvalue weighted by atomic mass is 79.9. The van der Waals surface area contributed by atoms with Gasteiger partial charge in [0.1, 0.15) is 11.5 Å². The van der Waals surface area contributed by atoms with Gasteiger partial charge in [-0.15, -0.1) is 0 Å². The molecular weight excluding hydrogens is 334 g/mol. The first-order chi connectivity index (χ1) is 10.1. The van der Waals surface area contributed by atoms with Crippen molar-refractivity contribution in [2.45, 2.75) is 6.54 Å². The van der Waals surface area contributed by atoms with Crippen molar-refractivity contribution in [2.24, 2.45) is 0 Å². The van der Waals surface area contributed by atoms with Crippen LogP contribution in [0.3, 0.4) is 0 Å². The van der Waals surface area contributed by atoms with E-state index >= 15 is 0 Å². The molecule has 110 valence electrons. The second kappa shape index (κ2) is 7.13. The molecule has 0 N–H and O–H groups in total. The van der Waals surface area contributed by atoms with Crippen molar-refractivity contribution in [3.63, 3.8) is 0 Å². The molecular formula is C16H16BrNO3. The van der Waals surface area contributed by atoms with E-state index in [1.54, 1.807) is 26.3 Å². The van der Waals surface area contributed by atoms with Gasteiger partial charge < -0.3 is 14.4 Å². The second-order valence-corrected chi connectivity index (χ2v) is 5.41. The average Bonchev–Trinajstić information content (AvgIpc) is 2.48. The summed E-state index contributed by atoms with van der Waals surface area (Å²) in [5.41, 5.74) is 0.902. The molecule has 2 rings (SSSR count). The molecule has 0 aromatic heterocycles. The smallest absolute Gasteiger partial charge is 0.415 e. The van der Waals surface area contributed by atoms with Crippen molar-refractivity contribution in [3.05, 3.63) is 58.6 Å². The van der Waals surface area contributed by atoms with E-state index in [1.807, 2.05) is 36.4 Å². The Bertz CT molecular complexity index is 616. The van der Waals surface area contributed by atoms with Gasteiger partial charge in [-0.05, 0) is 30.3 Å². The zero-order valence-corrected chi connectivity index (χ0v) is 13.5. The van der Waals surface area contributed by atoms with Gasteiger partial charge in [0.15, 0.2) is 0 Å². The number of carbonyl (C=O) groups excluding carboxylic acids is 1. The number of carbonyl (C=O) groups is 1. The van der Waals surface area contributed by atoms with Gasteiger partial charge in [0, 0.05) is 17.1 Å². The van der Waals surface area contributed by atoms with Gasteiger partial charge in [-0.3, -0.25) is 0 Å². The maximum absolute atomic E-state index is 12.1. The van der Waals surface area contributed by atoms with Crippen LogP contribution in [0.1, 0.15) is 5.56 Å². The zero-order chi connectivity index (χ0) is 15.2. The molecule has 0 saturated carbocycles. The fraction of sp³-hybridized carbons (Fsp3) is 0.188. The lowest BCUT2D eigenvalue weighted by Gasteiger charge is -2.18. The Morgan fingerprint density at radius 3 is 2.57 bits per heavy atom. The topological polar surface area (TPSA) is 38.8 Å². The lowest BCUT2D eigenvalue weighted by molar-refractivity contribution is 0.160. The van der Waals surface area contributed by atoms with E-state index < -0.39 is 6.09 Å². The van der Waals surface area contributed by atoms with E-state index in [0.717, 1.165) is 15.8 Å². The molecule has 0 aliphatic heterocycles. The third-order valence-corrected chi connectivity index (χ3v) is 3.40. The van der Waals surface area contributed by atoms with Gasteiger partial charge in [-0.1, -0.05) is 34.1 Å². The van der Waals surface area contributed by atoms with E-state index in [-0.39, 0.29) is 0 Å². The van der Waals surface area contributed by atoms with Gasteiger partial charge in [0.2, 0.25) is 0 Å². The van der Waals surface area contributed by atoms with Gasteiger partial charge in [-0.2, -0.15) is 0 Å². The fourth-order valence-electron chi connectivity index (χ4n) is 1.86. The third-order valence-electron chi connectivity index (χ3n) is 2.91. The predicted octanol–water partition coefficient (Wildman–Crippen LogP) is 4.09. The Hall–Kier alpha value is -2.01. The van der Waals surface area contributed by atoms with Crippen molar-refractivity contribution >= 4 is 22.0 Å². The lowest BCUT2D eigenvalue weighted by atomic mass is 10.2. The number of para-hydroxylation sites is 1. The molecule has 0 saturated heterocycles. The number of hydrogen-bond acceptors (Lipinski definition) is 3. The van der Waals surface area contributed by atoms with Crippen LogP contribution in [0, 0.1) is 0 Å². The molecule has 5 heteroatoms. The quantitative estimate of drug-likeness (QED) is 0.834. The summed E-state index contributed by atoms with van der Waals surface area (Å²) in [5.74, 6) is 1.26. The normalized spacial score (nSPS) is 10.0. The Kier molecular flexibility index (Phi) is 5.22. The summed E-state index contributed by atoms with van der Waals surface area (Å²) in [6, 6.07) is 14.7. The molecule has 0 aliphatic rings. The minimum Gasteiger partial charge on any atom is -0.496 e. The summed E-state index contributed by atoms with van der Waals surface area (Å²) in [5, 5.41) is 0. The highest BCUT2D eigenvalue weighted by Gasteiger charge is 2.14. The molecule has 0 bridgehead atoms. The van der Waals surface area contributed by atoms with Crippen molar-refractivity contribution in [1.29, 1.82) is 0 Å². The lowest BCUT2D eigenvalue weighted by Crippen LogP contribution is -2.29. The van der Waals surface area contributed by atoms with E-state index in [0.29, 0.717) is 12.3 Å². The molecule has 0 aliphatic carbocycles. The molecule has 0 unspecified atom stereocenters. The molecule has 0 atom stereocenters. The zero-order valence-electron chi connectivity index (χ0n) is 11.9. The largest absolute Gasteiger partial charge is 0.496 e. The summed E-state index contributed by atoms with van der Waals surface area (Å²) >= 11 is 3.42. The van der Waals surface area contributed by atoms with Crippen LogP contribution in [0.5, 0.6) is 11.5 Å². The number of amides is 1. The van der Waals surface area contributed by atoms with Crippen molar-refractivity contribution < 1.29 is 14.3 Å². The highest BCUT2D eigenvalue weighted by molar-refractivity contribution is 9.10. The molecule has 0 spiro atoms. The van der Waals surface area contributed by atoms with Crippen molar-refractivity contribution in [2.75, 3.05) is 14.2 Å². The monoisotopic (exact) mass is 349 g/mol. The van der Waals surface area contributed by atoms with E-state index in [9.17, 15) is 4.79 Å². The molecule has 0 fully saturated rings. The molecule has 1 amide bonds. The van der Waals surface area contributed by atoms with Crippen molar-refractivity contribution in [1.82, 2.24) is 4.90 Å². The molecule has 21 heavy (non-hydrogen) atoms. The highest BCUT2D eigenvalue weighted by Crippen LogP contribution is 2.24. The number of benzene rings is 2. The number of rotatable bonds is 4. The number of nitrogens with zero attached hydrogens (tertiary/aromatic N) is 1. The fourth-order valence-corrected chi connectivity index (χ4v) is 2.27. The molecule has 4 nitrogen and oxygen atoms in total. The standard InChI is InChI=1S/C16H16BrNO3/c1-18(16(19)21-14-6-4-3-5-7-14)11-12-10-13(17)8-9-15(12)20-2/h3-10H,11H2,1-2H3. The van der Waals surface area contributed by atoms with Gasteiger partial charge in [0.25, 0.3) is 0 Å². The molecule has 2 aromatic carbocycles. The Balaban J connectivity index is 2.05. The first-order valence-electron chi connectivity index (χ1n) is 6.40. The van der Waals surface area contributed by atoms with Crippen LogP contribution in [0.15, 0.2) is 53.0 Å². The summed E-state index contributed by atoms with van der Waals surface area (Å²) in [6.45, 7) is 0.397. The van der Waals surface area contributed by atoms with Crippen LogP contribution in [-0.4, -0.2) is 25.2 Å². The summed E-state index contributed by atoms with van der Waals surface area (Å²) in [7, 11) is 3.29. The summed E-state index contributed by atoms with van der Waals surface area (Å²) < 4.78 is 11.5. The molecule has 0 radical (unpaired) electrons. The Morgan fingerprint density at radius 1 is 1.19 bits per heavy atom. The maximum Gasteiger partial charge on any atom is 0.415 e. The van der Waals surface area contributed by atoms with Crippen LogP contribution in [0.25, 0.3) is 0 Å². The maximum atomic E-state index is 12.1. The van der Waals surface area contributed by atoms with Gasteiger partial charge >= 0.3 is 6.09 Å². The van der Waals surface area contributed by atoms with Gasteiger partial charge in [-0.25, -0.2) is 4.79 Å². The number of hydrogen-bond donors (Lipinski definition) is 0. The van der Waals surface area contributed by atoms with E-state index in [2.05, 4.69) is 15.9 Å². The third kappa shape index (κ3) is 4.23. The second-order valence-electron chi connectivity index (χ2n) is 4.49. The number of methoxy groups -OCH3 is 1. The van der Waals surface area contributed by atoms with Crippen LogP contribution in [0.4, 0.5) is 4.79 Å². The summed E-state index contributed by atoms with van der Waals surface area (Å²) in [6.07, 6.45) is -0.414. The van der Waals surface area contributed by atoms with Crippen LogP contribution >= 0.6 is 15.9 Å². The van der Waals surface area contributed by atoms with Crippen LogP contribution in [0.2, 0.25) is 0 Å². The Labute approximate surface area is 132 Å². The predicted molar refractivity (Wildman–Crippen MR) is 84.6 cm³/mol. The summed E-state index contributed by atoms with van der Waals surface area (Å²) in [4.78, 5) is 13.5. The van der Waals surface area contributed by atoms with E-state index in [4.69, 9.17) is 9.47 Å².